The fourth-order valence-electron chi connectivity index (χ4n) is 2.29. The van der Waals surface area contributed by atoms with Crippen molar-refractivity contribution in [3.8, 4) is 11.5 Å². The molecule has 0 spiro atoms. The van der Waals surface area contributed by atoms with Crippen LogP contribution in [0, 0.1) is 0 Å². The number of rotatable bonds is 2. The zero-order valence-corrected chi connectivity index (χ0v) is 10.6. The Kier molecular flexibility index (Phi) is 2.79. The molecule has 2 N–H and O–H groups in total. The fraction of sp³-hybridized carbons (Fsp3) is 0.500. The van der Waals surface area contributed by atoms with Gasteiger partial charge in [-0.05, 0) is 24.4 Å². The second-order valence-electron chi connectivity index (χ2n) is 4.79. The predicted octanol–water partition coefficient (Wildman–Crippen LogP) is 1.03. The van der Waals surface area contributed by atoms with Crippen molar-refractivity contribution < 1.29 is 0 Å². The van der Waals surface area contributed by atoms with Crippen LogP contribution in [0.3, 0.4) is 0 Å². The monoisotopic (exact) mass is 244 g/mol. The normalized spacial score (nSPS) is 14.8. The molecule has 2 aromatic rings. The molecule has 6 heteroatoms. The molecule has 0 radical (unpaired) electrons. The lowest BCUT2D eigenvalue weighted by atomic mass is 9.97. The van der Waals surface area contributed by atoms with E-state index >= 15 is 0 Å². The molecule has 6 nitrogen and oxygen atoms in total. The highest BCUT2D eigenvalue weighted by atomic mass is 15.3. The van der Waals surface area contributed by atoms with E-state index in [1.54, 1.807) is 6.20 Å². The molecule has 2 aromatic heterocycles. The molecule has 0 amide bonds. The summed E-state index contributed by atoms with van der Waals surface area (Å²) in [7, 11) is 0. The summed E-state index contributed by atoms with van der Waals surface area (Å²) < 4.78 is 0. The van der Waals surface area contributed by atoms with E-state index in [4.69, 9.17) is 0 Å². The number of nitrogens with zero attached hydrogens (tertiary/aromatic N) is 4. The molecule has 0 fully saturated rings. The van der Waals surface area contributed by atoms with Gasteiger partial charge in [0.1, 0.15) is 5.69 Å². The SMILES string of the molecule is CC(C)c1nc(-c2cn[nH]n2)nc2c1CCNC2. The van der Waals surface area contributed by atoms with Gasteiger partial charge in [0.25, 0.3) is 0 Å². The van der Waals surface area contributed by atoms with Crippen LogP contribution in [0.25, 0.3) is 11.5 Å². The van der Waals surface area contributed by atoms with Crippen LogP contribution < -0.4 is 5.32 Å². The summed E-state index contributed by atoms with van der Waals surface area (Å²) in [5.74, 6) is 1.06. The largest absolute Gasteiger partial charge is 0.311 e. The summed E-state index contributed by atoms with van der Waals surface area (Å²) in [6.45, 7) is 6.14. The van der Waals surface area contributed by atoms with Crippen molar-refractivity contribution in [1.82, 2.24) is 30.7 Å². The van der Waals surface area contributed by atoms with E-state index in [9.17, 15) is 0 Å². The topological polar surface area (TPSA) is 79.4 Å². The third kappa shape index (κ3) is 1.88. The molecule has 0 bridgehead atoms. The van der Waals surface area contributed by atoms with Crippen LogP contribution in [-0.2, 0) is 13.0 Å². The number of hydrogen-bond donors (Lipinski definition) is 2. The Morgan fingerprint density at radius 3 is 2.89 bits per heavy atom. The molecule has 0 unspecified atom stereocenters. The number of nitrogens with one attached hydrogen (secondary N) is 2. The van der Waals surface area contributed by atoms with Crippen molar-refractivity contribution in [3.05, 3.63) is 23.1 Å². The first-order chi connectivity index (χ1) is 8.75. The van der Waals surface area contributed by atoms with Gasteiger partial charge in [-0.1, -0.05) is 13.8 Å². The van der Waals surface area contributed by atoms with E-state index < -0.39 is 0 Å². The van der Waals surface area contributed by atoms with Gasteiger partial charge in [-0.3, -0.25) is 0 Å². The Morgan fingerprint density at radius 2 is 2.17 bits per heavy atom. The van der Waals surface area contributed by atoms with Gasteiger partial charge in [0.2, 0.25) is 0 Å². The summed E-state index contributed by atoms with van der Waals surface area (Å²) in [5, 5.41) is 13.8. The minimum absolute atomic E-state index is 0.394. The molecular formula is C12H16N6. The van der Waals surface area contributed by atoms with Gasteiger partial charge in [-0.25, -0.2) is 9.97 Å². The number of aromatic nitrogens is 5. The van der Waals surface area contributed by atoms with Gasteiger partial charge in [0.05, 0.1) is 17.6 Å². The molecule has 0 saturated carbocycles. The summed E-state index contributed by atoms with van der Waals surface area (Å²) in [5.41, 5.74) is 4.23. The van der Waals surface area contributed by atoms with Crippen molar-refractivity contribution in [2.45, 2.75) is 32.7 Å². The van der Waals surface area contributed by atoms with Crippen molar-refractivity contribution >= 4 is 0 Å². The molecule has 18 heavy (non-hydrogen) atoms. The minimum atomic E-state index is 0.394. The zero-order valence-electron chi connectivity index (χ0n) is 10.6. The van der Waals surface area contributed by atoms with Crippen molar-refractivity contribution in [3.63, 3.8) is 0 Å². The highest BCUT2D eigenvalue weighted by molar-refractivity contribution is 5.49. The van der Waals surface area contributed by atoms with Crippen LogP contribution in [0.5, 0.6) is 0 Å². The summed E-state index contributed by atoms with van der Waals surface area (Å²) >= 11 is 0. The van der Waals surface area contributed by atoms with Crippen LogP contribution >= 0.6 is 0 Å². The molecule has 0 aliphatic carbocycles. The molecule has 1 aliphatic rings. The van der Waals surface area contributed by atoms with E-state index in [1.165, 1.54) is 5.56 Å². The first kappa shape index (κ1) is 11.3. The van der Waals surface area contributed by atoms with E-state index in [1.807, 2.05) is 0 Å². The average Bonchev–Trinajstić information content (AvgIpc) is 2.91. The Bertz CT molecular complexity index is 546. The molecule has 0 aromatic carbocycles. The first-order valence-corrected chi connectivity index (χ1v) is 6.22. The summed E-state index contributed by atoms with van der Waals surface area (Å²) in [4.78, 5) is 9.27. The Morgan fingerprint density at radius 1 is 1.28 bits per heavy atom. The van der Waals surface area contributed by atoms with Crippen LogP contribution in [-0.4, -0.2) is 31.9 Å². The maximum absolute atomic E-state index is 4.67. The maximum atomic E-state index is 4.67. The minimum Gasteiger partial charge on any atom is -0.311 e. The summed E-state index contributed by atoms with van der Waals surface area (Å²) in [6, 6.07) is 0. The Hall–Kier alpha value is -1.82. The average molecular weight is 244 g/mol. The third-order valence-corrected chi connectivity index (χ3v) is 3.16. The Labute approximate surface area is 105 Å². The van der Waals surface area contributed by atoms with Crippen LogP contribution in [0.2, 0.25) is 0 Å². The Balaban J connectivity index is 2.15. The maximum Gasteiger partial charge on any atom is 0.182 e. The molecule has 3 heterocycles. The zero-order chi connectivity index (χ0) is 12.5. The molecule has 0 saturated heterocycles. The highest BCUT2D eigenvalue weighted by Gasteiger charge is 2.20. The van der Waals surface area contributed by atoms with E-state index in [0.29, 0.717) is 17.4 Å². The van der Waals surface area contributed by atoms with Gasteiger partial charge in [0.15, 0.2) is 5.82 Å². The summed E-state index contributed by atoms with van der Waals surface area (Å²) in [6.07, 6.45) is 2.66. The van der Waals surface area contributed by atoms with E-state index in [0.717, 1.165) is 30.9 Å². The van der Waals surface area contributed by atoms with Gasteiger partial charge in [-0.15, -0.1) is 0 Å². The highest BCUT2D eigenvalue weighted by Crippen LogP contribution is 2.25. The first-order valence-electron chi connectivity index (χ1n) is 6.22. The molecule has 3 rings (SSSR count). The van der Waals surface area contributed by atoms with Crippen molar-refractivity contribution in [2.75, 3.05) is 6.54 Å². The number of H-pyrrole nitrogens is 1. The fourth-order valence-corrected chi connectivity index (χ4v) is 2.29. The smallest absolute Gasteiger partial charge is 0.182 e. The lowest BCUT2D eigenvalue weighted by molar-refractivity contribution is 0.609. The van der Waals surface area contributed by atoms with Crippen LogP contribution in [0.1, 0.15) is 36.7 Å². The molecule has 94 valence electrons. The van der Waals surface area contributed by atoms with E-state index in [2.05, 4.69) is 44.5 Å². The van der Waals surface area contributed by atoms with Crippen LogP contribution in [0.4, 0.5) is 0 Å². The second kappa shape index (κ2) is 4.45. The van der Waals surface area contributed by atoms with Crippen molar-refractivity contribution in [1.29, 1.82) is 0 Å². The predicted molar refractivity (Wildman–Crippen MR) is 66.9 cm³/mol. The third-order valence-electron chi connectivity index (χ3n) is 3.16. The lowest BCUT2D eigenvalue weighted by Crippen LogP contribution is -2.27. The number of aromatic amines is 1. The standard InChI is InChI=1S/C12H16N6/c1-7(2)11-8-3-4-13-5-9(8)15-12(16-11)10-6-14-18-17-10/h6-7,13H,3-5H2,1-2H3,(H,14,17,18). The number of fused-ring (bicyclic) bond motifs is 1. The van der Waals surface area contributed by atoms with Gasteiger partial charge in [-0.2, -0.15) is 15.4 Å². The van der Waals surface area contributed by atoms with Gasteiger partial charge in [0, 0.05) is 6.54 Å². The van der Waals surface area contributed by atoms with Crippen LogP contribution in [0.15, 0.2) is 6.20 Å². The molecular weight excluding hydrogens is 228 g/mol. The lowest BCUT2D eigenvalue weighted by Gasteiger charge is -2.21. The second-order valence-corrected chi connectivity index (χ2v) is 4.79. The molecule has 1 aliphatic heterocycles. The van der Waals surface area contributed by atoms with Gasteiger partial charge < -0.3 is 5.32 Å². The van der Waals surface area contributed by atoms with Crippen molar-refractivity contribution in [2.24, 2.45) is 0 Å². The van der Waals surface area contributed by atoms with Gasteiger partial charge >= 0.3 is 0 Å². The number of hydrogen-bond acceptors (Lipinski definition) is 5. The quantitative estimate of drug-likeness (QED) is 0.825. The van der Waals surface area contributed by atoms with E-state index in [-0.39, 0.29) is 0 Å². The molecule has 0 atom stereocenters.